The van der Waals surface area contributed by atoms with Crippen molar-refractivity contribution in [2.75, 3.05) is 6.54 Å². The van der Waals surface area contributed by atoms with E-state index in [1.807, 2.05) is 11.4 Å². The molecule has 140 valence electrons. The normalized spacial score (nSPS) is 17.5. The van der Waals surface area contributed by atoms with Gasteiger partial charge in [0.25, 0.3) is 11.5 Å². The molecule has 2 amide bonds. The van der Waals surface area contributed by atoms with Crippen molar-refractivity contribution in [2.24, 2.45) is 0 Å². The number of carbonyl (C=O) groups excluding carboxylic acids is 2. The lowest BCUT2D eigenvalue weighted by atomic mass is 10.1. The van der Waals surface area contributed by atoms with Crippen LogP contribution in [0.15, 0.2) is 28.5 Å². The van der Waals surface area contributed by atoms with E-state index in [0.29, 0.717) is 28.0 Å². The molecule has 0 bridgehead atoms. The summed E-state index contributed by atoms with van der Waals surface area (Å²) in [5, 5.41) is 7.24. The number of aromatic nitrogens is 2. The smallest absolute Gasteiger partial charge is 0.271 e. The van der Waals surface area contributed by atoms with E-state index in [-0.39, 0.29) is 11.5 Å². The van der Waals surface area contributed by atoms with Crippen LogP contribution in [-0.4, -0.2) is 33.8 Å². The van der Waals surface area contributed by atoms with E-state index < -0.39 is 17.5 Å². The summed E-state index contributed by atoms with van der Waals surface area (Å²) in [6.45, 7) is 0.600. The maximum absolute atomic E-state index is 13.0. The van der Waals surface area contributed by atoms with E-state index in [0.717, 1.165) is 17.7 Å². The third kappa shape index (κ3) is 3.50. The van der Waals surface area contributed by atoms with E-state index in [2.05, 4.69) is 15.6 Å². The lowest BCUT2D eigenvalue weighted by molar-refractivity contribution is -0.122. The van der Waals surface area contributed by atoms with Crippen molar-refractivity contribution in [1.82, 2.24) is 20.0 Å². The molecule has 1 saturated heterocycles. The highest BCUT2D eigenvalue weighted by Crippen LogP contribution is 2.32. The standard InChI is InChI=1S/C17H15ClN4O3S2/c18-13-5-4-12(27-13)11-8-26-17-20-7-9(16(25)22(11)17)14(23)21-10-3-1-2-6-19-15(10)24/h4-5,7-8,10H,1-3,6H2,(H,19,24)(H,21,23). The van der Waals surface area contributed by atoms with Crippen molar-refractivity contribution in [1.29, 1.82) is 0 Å². The first-order valence-electron chi connectivity index (χ1n) is 8.38. The topological polar surface area (TPSA) is 92.6 Å². The zero-order chi connectivity index (χ0) is 19.0. The van der Waals surface area contributed by atoms with Gasteiger partial charge in [-0.15, -0.1) is 22.7 Å². The highest BCUT2D eigenvalue weighted by molar-refractivity contribution is 7.20. The van der Waals surface area contributed by atoms with Crippen LogP contribution in [0.2, 0.25) is 4.34 Å². The number of carbonyl (C=O) groups is 2. The van der Waals surface area contributed by atoms with Crippen LogP contribution in [0.4, 0.5) is 0 Å². The molecule has 0 aromatic carbocycles. The van der Waals surface area contributed by atoms with Crippen molar-refractivity contribution in [3.05, 3.63) is 44.0 Å². The molecule has 3 aromatic rings. The highest BCUT2D eigenvalue weighted by Gasteiger charge is 2.25. The third-order valence-corrected chi connectivity index (χ3v) is 6.45. The van der Waals surface area contributed by atoms with Crippen LogP contribution in [0, 0.1) is 0 Å². The summed E-state index contributed by atoms with van der Waals surface area (Å²) < 4.78 is 2.02. The molecule has 3 aromatic heterocycles. The van der Waals surface area contributed by atoms with Crippen molar-refractivity contribution in [3.63, 3.8) is 0 Å². The van der Waals surface area contributed by atoms with E-state index >= 15 is 0 Å². The second-order valence-electron chi connectivity index (χ2n) is 6.13. The van der Waals surface area contributed by atoms with Gasteiger partial charge in [0.15, 0.2) is 4.96 Å². The number of rotatable bonds is 3. The second-order valence-corrected chi connectivity index (χ2v) is 8.68. The van der Waals surface area contributed by atoms with Gasteiger partial charge >= 0.3 is 0 Å². The van der Waals surface area contributed by atoms with Crippen LogP contribution in [0.5, 0.6) is 0 Å². The molecule has 0 saturated carbocycles. The number of nitrogens with one attached hydrogen (secondary N) is 2. The predicted molar refractivity (Wildman–Crippen MR) is 106 cm³/mol. The third-order valence-electron chi connectivity index (χ3n) is 4.36. The van der Waals surface area contributed by atoms with Gasteiger partial charge in [-0.2, -0.15) is 0 Å². The molecule has 0 radical (unpaired) electrons. The quantitative estimate of drug-likeness (QED) is 0.678. The lowest BCUT2D eigenvalue weighted by Crippen LogP contribution is -2.46. The predicted octanol–water partition coefficient (Wildman–Crippen LogP) is 2.54. The molecule has 27 heavy (non-hydrogen) atoms. The largest absolute Gasteiger partial charge is 0.354 e. The van der Waals surface area contributed by atoms with Crippen LogP contribution >= 0.6 is 34.3 Å². The van der Waals surface area contributed by atoms with Crippen molar-refractivity contribution in [3.8, 4) is 10.6 Å². The monoisotopic (exact) mass is 422 g/mol. The number of fused-ring (bicyclic) bond motifs is 1. The fraction of sp³-hybridized carbons (Fsp3) is 0.294. The van der Waals surface area contributed by atoms with E-state index in [9.17, 15) is 14.4 Å². The van der Waals surface area contributed by atoms with E-state index in [1.54, 1.807) is 6.07 Å². The average molecular weight is 423 g/mol. The van der Waals surface area contributed by atoms with Gasteiger partial charge in [0.1, 0.15) is 11.6 Å². The molecule has 4 heterocycles. The van der Waals surface area contributed by atoms with Gasteiger partial charge in [0.05, 0.1) is 14.9 Å². The summed E-state index contributed by atoms with van der Waals surface area (Å²) in [4.78, 5) is 43.2. The number of nitrogens with zero attached hydrogens (tertiary/aromatic N) is 2. The van der Waals surface area contributed by atoms with Crippen molar-refractivity contribution >= 4 is 51.0 Å². The van der Waals surface area contributed by atoms with Gasteiger partial charge in [-0.3, -0.25) is 14.4 Å². The van der Waals surface area contributed by atoms with Gasteiger partial charge in [-0.1, -0.05) is 11.6 Å². The highest BCUT2D eigenvalue weighted by atomic mass is 35.5. The Bertz CT molecular complexity index is 1090. The van der Waals surface area contributed by atoms with Gasteiger partial charge in [-0.05, 0) is 31.4 Å². The molecule has 7 nitrogen and oxygen atoms in total. The Hall–Kier alpha value is -2.23. The number of hydrogen-bond donors (Lipinski definition) is 2. The van der Waals surface area contributed by atoms with Crippen LogP contribution in [0.25, 0.3) is 15.5 Å². The molecule has 1 unspecified atom stereocenters. The first-order valence-corrected chi connectivity index (χ1v) is 10.5. The summed E-state index contributed by atoms with van der Waals surface area (Å²) >= 11 is 8.66. The Morgan fingerprint density at radius 3 is 2.96 bits per heavy atom. The summed E-state index contributed by atoms with van der Waals surface area (Å²) in [5.41, 5.74) is 0.0883. The molecule has 2 N–H and O–H groups in total. The van der Waals surface area contributed by atoms with Gasteiger partial charge < -0.3 is 10.6 Å². The number of amides is 2. The molecule has 4 rings (SSSR count). The van der Waals surface area contributed by atoms with Crippen LogP contribution in [0.1, 0.15) is 29.6 Å². The number of thiazole rings is 1. The summed E-state index contributed by atoms with van der Waals surface area (Å²) in [6, 6.07) is 2.94. The summed E-state index contributed by atoms with van der Waals surface area (Å²) in [5.74, 6) is -0.815. The second kappa shape index (κ2) is 7.41. The SMILES string of the molecule is O=C(NC1CCCCNC1=O)c1cnc2scc(-c3ccc(Cl)s3)n2c1=O. The zero-order valence-electron chi connectivity index (χ0n) is 14.0. The first-order chi connectivity index (χ1) is 13.0. The Labute approximate surface area is 167 Å². The Morgan fingerprint density at radius 2 is 2.19 bits per heavy atom. The molecule has 1 aliphatic heterocycles. The Balaban J connectivity index is 1.70. The minimum absolute atomic E-state index is 0.0909. The molecule has 10 heteroatoms. The molecule has 1 fully saturated rings. The van der Waals surface area contributed by atoms with E-state index in [4.69, 9.17) is 11.6 Å². The van der Waals surface area contributed by atoms with Crippen LogP contribution < -0.4 is 16.2 Å². The first kappa shape index (κ1) is 18.1. The van der Waals surface area contributed by atoms with Crippen LogP contribution in [0.3, 0.4) is 0 Å². The fourth-order valence-electron chi connectivity index (χ4n) is 2.99. The summed E-state index contributed by atoms with van der Waals surface area (Å²) in [6.07, 6.45) is 3.51. The lowest BCUT2D eigenvalue weighted by Gasteiger charge is -2.14. The molecule has 1 atom stereocenters. The maximum Gasteiger partial charge on any atom is 0.271 e. The zero-order valence-corrected chi connectivity index (χ0v) is 16.4. The van der Waals surface area contributed by atoms with Crippen molar-refractivity contribution < 1.29 is 9.59 Å². The molecule has 1 aliphatic rings. The number of thiophene rings is 1. The van der Waals surface area contributed by atoms with Gasteiger partial charge in [0, 0.05) is 18.1 Å². The molecule has 0 aliphatic carbocycles. The molecular weight excluding hydrogens is 408 g/mol. The fourth-order valence-corrected chi connectivity index (χ4v) is 4.96. The number of halogens is 1. The maximum atomic E-state index is 13.0. The Kier molecular flexibility index (Phi) is 4.98. The Morgan fingerprint density at radius 1 is 1.33 bits per heavy atom. The average Bonchev–Trinajstić information content (AvgIpc) is 3.21. The molecule has 0 spiro atoms. The number of hydrogen-bond acceptors (Lipinski definition) is 6. The minimum atomic E-state index is -0.641. The summed E-state index contributed by atoms with van der Waals surface area (Å²) in [7, 11) is 0. The van der Waals surface area contributed by atoms with E-state index in [1.165, 1.54) is 33.3 Å². The van der Waals surface area contributed by atoms with Gasteiger partial charge in [-0.25, -0.2) is 9.38 Å². The van der Waals surface area contributed by atoms with Crippen LogP contribution in [-0.2, 0) is 4.79 Å². The van der Waals surface area contributed by atoms with Gasteiger partial charge in [0.2, 0.25) is 5.91 Å². The minimum Gasteiger partial charge on any atom is -0.354 e. The molecular formula is C17H15ClN4O3S2. The van der Waals surface area contributed by atoms with Crippen molar-refractivity contribution in [2.45, 2.75) is 25.3 Å².